The van der Waals surface area contributed by atoms with Crippen molar-refractivity contribution in [3.63, 3.8) is 0 Å². The van der Waals surface area contributed by atoms with Crippen LogP contribution in [0.5, 0.6) is 0 Å². The molecule has 1 aromatic carbocycles. The number of carboxylic acids is 1. The number of nitrogens with one attached hydrogen (secondary N) is 1. The monoisotopic (exact) mass is 285 g/mol. The van der Waals surface area contributed by atoms with Gasteiger partial charge in [0, 0.05) is 0 Å². The summed E-state index contributed by atoms with van der Waals surface area (Å²) in [5, 5.41) is 12.8. The topological polar surface area (TPSA) is 75.1 Å². The van der Waals surface area contributed by atoms with E-state index in [9.17, 15) is 9.90 Å². The zero-order chi connectivity index (χ0) is 14.9. The summed E-state index contributed by atoms with van der Waals surface area (Å²) in [6.45, 7) is 2.17. The standard InChI is InChI=1S/C16H19N3O2/c1-11-6-8-16(9-7-11,15(20)21)19-14-10-17-12-4-2-3-5-13(12)18-14/h2-5,10-11H,6-9H2,1H3,(H,18,19)(H,20,21). The highest BCUT2D eigenvalue weighted by Gasteiger charge is 2.41. The van der Waals surface area contributed by atoms with Crippen LogP contribution >= 0.6 is 0 Å². The number of benzene rings is 1. The molecule has 0 unspecified atom stereocenters. The van der Waals surface area contributed by atoms with Crippen molar-refractivity contribution in [2.24, 2.45) is 5.92 Å². The summed E-state index contributed by atoms with van der Waals surface area (Å²) >= 11 is 0. The fourth-order valence-corrected chi connectivity index (χ4v) is 2.91. The summed E-state index contributed by atoms with van der Waals surface area (Å²) in [5.74, 6) is 0.317. The van der Waals surface area contributed by atoms with Gasteiger partial charge in [-0.05, 0) is 43.7 Å². The summed E-state index contributed by atoms with van der Waals surface area (Å²) in [6.07, 6.45) is 4.70. The maximum atomic E-state index is 11.7. The van der Waals surface area contributed by atoms with Crippen LogP contribution in [0.4, 0.5) is 5.82 Å². The molecular formula is C16H19N3O2. The highest BCUT2D eigenvalue weighted by molar-refractivity contribution is 5.83. The van der Waals surface area contributed by atoms with Crippen molar-refractivity contribution in [3.8, 4) is 0 Å². The number of carboxylic acid groups (broad SMARTS) is 1. The minimum Gasteiger partial charge on any atom is -0.480 e. The van der Waals surface area contributed by atoms with Gasteiger partial charge in [-0.25, -0.2) is 9.78 Å². The number of carbonyl (C=O) groups is 1. The van der Waals surface area contributed by atoms with E-state index in [0.29, 0.717) is 24.6 Å². The molecule has 5 heteroatoms. The Morgan fingerprint density at radius 2 is 1.95 bits per heavy atom. The van der Waals surface area contributed by atoms with E-state index < -0.39 is 11.5 Å². The van der Waals surface area contributed by atoms with Crippen molar-refractivity contribution in [3.05, 3.63) is 30.5 Å². The van der Waals surface area contributed by atoms with Crippen LogP contribution in [0.2, 0.25) is 0 Å². The molecule has 0 bridgehead atoms. The first-order chi connectivity index (χ1) is 10.1. The molecule has 1 heterocycles. The van der Waals surface area contributed by atoms with Crippen molar-refractivity contribution in [1.29, 1.82) is 0 Å². The van der Waals surface area contributed by atoms with Gasteiger partial charge in [0.1, 0.15) is 11.4 Å². The van der Waals surface area contributed by atoms with Gasteiger partial charge in [-0.15, -0.1) is 0 Å². The SMILES string of the molecule is CC1CCC(Nc2cnc3ccccc3n2)(C(=O)O)CC1. The first kappa shape index (κ1) is 13.8. The van der Waals surface area contributed by atoms with E-state index in [4.69, 9.17) is 0 Å². The first-order valence-electron chi connectivity index (χ1n) is 7.32. The summed E-state index contributed by atoms with van der Waals surface area (Å²) in [4.78, 5) is 20.6. The number of para-hydroxylation sites is 2. The molecule has 2 aromatic rings. The number of fused-ring (bicyclic) bond motifs is 1. The van der Waals surface area contributed by atoms with Crippen molar-refractivity contribution in [2.45, 2.75) is 38.1 Å². The van der Waals surface area contributed by atoms with Crippen LogP contribution in [-0.4, -0.2) is 26.6 Å². The smallest absolute Gasteiger partial charge is 0.329 e. The number of nitrogens with zero attached hydrogens (tertiary/aromatic N) is 2. The zero-order valence-electron chi connectivity index (χ0n) is 12.0. The van der Waals surface area contributed by atoms with E-state index in [1.807, 2.05) is 24.3 Å². The van der Waals surface area contributed by atoms with E-state index >= 15 is 0 Å². The fraction of sp³-hybridized carbons (Fsp3) is 0.438. The second-order valence-electron chi connectivity index (χ2n) is 5.94. The van der Waals surface area contributed by atoms with Gasteiger partial charge >= 0.3 is 5.97 Å². The van der Waals surface area contributed by atoms with Crippen LogP contribution in [0, 0.1) is 5.92 Å². The van der Waals surface area contributed by atoms with Crippen molar-refractivity contribution >= 4 is 22.8 Å². The summed E-state index contributed by atoms with van der Waals surface area (Å²) < 4.78 is 0. The quantitative estimate of drug-likeness (QED) is 0.906. The number of rotatable bonds is 3. The predicted molar refractivity (Wildman–Crippen MR) is 81.2 cm³/mol. The lowest BCUT2D eigenvalue weighted by Gasteiger charge is -2.36. The van der Waals surface area contributed by atoms with E-state index in [1.54, 1.807) is 6.20 Å². The third-order valence-corrected chi connectivity index (χ3v) is 4.35. The average Bonchev–Trinajstić information content (AvgIpc) is 2.49. The van der Waals surface area contributed by atoms with Gasteiger partial charge in [-0.1, -0.05) is 19.1 Å². The van der Waals surface area contributed by atoms with Gasteiger partial charge in [0.25, 0.3) is 0 Å². The van der Waals surface area contributed by atoms with E-state index in [1.165, 1.54) is 0 Å². The molecule has 0 saturated heterocycles. The van der Waals surface area contributed by atoms with E-state index in [2.05, 4.69) is 22.2 Å². The van der Waals surface area contributed by atoms with Gasteiger partial charge in [0.05, 0.1) is 17.2 Å². The van der Waals surface area contributed by atoms with Crippen molar-refractivity contribution in [1.82, 2.24) is 9.97 Å². The molecule has 0 aliphatic heterocycles. The molecule has 0 amide bonds. The molecule has 0 radical (unpaired) electrons. The van der Waals surface area contributed by atoms with Gasteiger partial charge in [0.2, 0.25) is 0 Å². The third-order valence-electron chi connectivity index (χ3n) is 4.35. The van der Waals surface area contributed by atoms with Gasteiger partial charge in [0.15, 0.2) is 0 Å². The van der Waals surface area contributed by atoms with Gasteiger partial charge in [-0.2, -0.15) is 0 Å². The second kappa shape index (κ2) is 5.31. The summed E-state index contributed by atoms with van der Waals surface area (Å²) in [5.41, 5.74) is 0.667. The highest BCUT2D eigenvalue weighted by Crippen LogP contribution is 2.34. The minimum absolute atomic E-state index is 0.533. The molecule has 1 aliphatic carbocycles. The number of hydrogen-bond donors (Lipinski definition) is 2. The molecule has 5 nitrogen and oxygen atoms in total. The van der Waals surface area contributed by atoms with Gasteiger partial charge < -0.3 is 10.4 Å². The molecule has 0 atom stereocenters. The van der Waals surface area contributed by atoms with E-state index in [0.717, 1.165) is 23.9 Å². The van der Waals surface area contributed by atoms with Crippen LogP contribution in [0.1, 0.15) is 32.6 Å². The predicted octanol–water partition coefficient (Wildman–Crippen LogP) is 3.08. The van der Waals surface area contributed by atoms with Crippen molar-refractivity contribution < 1.29 is 9.90 Å². The Morgan fingerprint density at radius 1 is 1.29 bits per heavy atom. The molecule has 110 valence electrons. The molecule has 0 spiro atoms. The maximum Gasteiger partial charge on any atom is 0.329 e. The largest absolute Gasteiger partial charge is 0.480 e. The summed E-state index contributed by atoms with van der Waals surface area (Å²) in [6, 6.07) is 7.58. The summed E-state index contributed by atoms with van der Waals surface area (Å²) in [7, 11) is 0. The molecule has 1 saturated carbocycles. The van der Waals surface area contributed by atoms with Gasteiger partial charge in [-0.3, -0.25) is 4.98 Å². The number of aromatic nitrogens is 2. The van der Waals surface area contributed by atoms with Crippen LogP contribution in [-0.2, 0) is 4.79 Å². The van der Waals surface area contributed by atoms with Crippen LogP contribution in [0.3, 0.4) is 0 Å². The second-order valence-corrected chi connectivity index (χ2v) is 5.94. The fourth-order valence-electron chi connectivity index (χ4n) is 2.91. The normalized spacial score (nSPS) is 25.7. The minimum atomic E-state index is -0.913. The van der Waals surface area contributed by atoms with Crippen molar-refractivity contribution in [2.75, 3.05) is 5.32 Å². The van der Waals surface area contributed by atoms with Crippen LogP contribution in [0.15, 0.2) is 30.5 Å². The average molecular weight is 285 g/mol. The van der Waals surface area contributed by atoms with E-state index in [-0.39, 0.29) is 0 Å². The molecule has 21 heavy (non-hydrogen) atoms. The Labute approximate surface area is 123 Å². The lowest BCUT2D eigenvalue weighted by atomic mass is 9.77. The lowest BCUT2D eigenvalue weighted by molar-refractivity contribution is -0.143. The Kier molecular flexibility index (Phi) is 3.49. The number of hydrogen-bond acceptors (Lipinski definition) is 4. The zero-order valence-corrected chi connectivity index (χ0v) is 12.0. The van der Waals surface area contributed by atoms with Crippen LogP contribution < -0.4 is 5.32 Å². The Hall–Kier alpha value is -2.17. The Bertz CT molecular complexity index is 663. The number of aliphatic carboxylic acids is 1. The van der Waals surface area contributed by atoms with Crippen LogP contribution in [0.25, 0.3) is 11.0 Å². The highest BCUT2D eigenvalue weighted by atomic mass is 16.4. The molecule has 1 aromatic heterocycles. The molecular weight excluding hydrogens is 266 g/mol. The Balaban J connectivity index is 1.89. The first-order valence-corrected chi connectivity index (χ1v) is 7.32. The molecule has 3 rings (SSSR count). The molecule has 1 fully saturated rings. The number of anilines is 1. The molecule has 1 aliphatic rings. The molecule has 2 N–H and O–H groups in total. The maximum absolute atomic E-state index is 11.7. The Morgan fingerprint density at radius 3 is 2.62 bits per heavy atom. The third kappa shape index (κ3) is 2.68. The lowest BCUT2D eigenvalue weighted by Crippen LogP contribution is -2.49.